The zero-order chi connectivity index (χ0) is 17.9. The van der Waals surface area contributed by atoms with Crippen LogP contribution in [0.15, 0.2) is 54.7 Å². The maximum atomic E-state index is 12.8. The van der Waals surface area contributed by atoms with Gasteiger partial charge in [-0.05, 0) is 35.9 Å². The van der Waals surface area contributed by atoms with Gasteiger partial charge in [-0.15, -0.1) is 0 Å². The van der Waals surface area contributed by atoms with E-state index in [1.807, 2.05) is 30.3 Å². The Hall–Kier alpha value is -3.02. The van der Waals surface area contributed by atoms with E-state index in [0.29, 0.717) is 17.1 Å². The topological polar surface area (TPSA) is 37.9 Å². The van der Waals surface area contributed by atoms with Gasteiger partial charge in [0.05, 0.1) is 18.4 Å². The first kappa shape index (κ1) is 16.8. The van der Waals surface area contributed by atoms with Gasteiger partial charge in [-0.3, -0.25) is 0 Å². The number of ether oxygens (including phenoxy) is 1. The standard InChI is InChI=1S/C19H15F3N2O/c1-25-16-8-5-13(6-9-16)7-10-18-23-12-17(24-18)14-3-2-4-15(11-14)19(20,21)22/h2-12H,1H3,(H,23,24). The van der Waals surface area contributed by atoms with Gasteiger partial charge in [-0.25, -0.2) is 4.98 Å². The van der Waals surface area contributed by atoms with Gasteiger partial charge in [0.15, 0.2) is 0 Å². The molecule has 0 spiro atoms. The van der Waals surface area contributed by atoms with Crippen molar-refractivity contribution in [1.82, 2.24) is 9.97 Å². The summed E-state index contributed by atoms with van der Waals surface area (Å²) in [6.45, 7) is 0. The van der Waals surface area contributed by atoms with Gasteiger partial charge in [0.2, 0.25) is 0 Å². The molecule has 25 heavy (non-hydrogen) atoms. The number of nitrogens with one attached hydrogen (secondary N) is 1. The van der Waals surface area contributed by atoms with Gasteiger partial charge in [0, 0.05) is 11.8 Å². The predicted octanol–water partition coefficient (Wildman–Crippen LogP) is 5.27. The first-order chi connectivity index (χ1) is 12.0. The molecule has 0 radical (unpaired) electrons. The van der Waals surface area contributed by atoms with Gasteiger partial charge < -0.3 is 9.72 Å². The number of methoxy groups -OCH3 is 1. The van der Waals surface area contributed by atoms with Crippen LogP contribution in [-0.2, 0) is 6.18 Å². The Labute approximate surface area is 142 Å². The average molecular weight is 344 g/mol. The molecular weight excluding hydrogens is 329 g/mol. The molecule has 0 aliphatic heterocycles. The fraction of sp³-hybridized carbons (Fsp3) is 0.105. The predicted molar refractivity (Wildman–Crippen MR) is 90.9 cm³/mol. The van der Waals surface area contributed by atoms with Crippen molar-refractivity contribution in [3.05, 3.63) is 71.7 Å². The number of alkyl halides is 3. The highest BCUT2D eigenvalue weighted by atomic mass is 19.4. The molecule has 2 aromatic carbocycles. The van der Waals surface area contributed by atoms with Gasteiger partial charge in [0.25, 0.3) is 0 Å². The van der Waals surface area contributed by atoms with Crippen LogP contribution in [0.25, 0.3) is 23.4 Å². The zero-order valence-corrected chi connectivity index (χ0v) is 13.3. The molecule has 1 N–H and O–H groups in total. The molecule has 0 aliphatic carbocycles. The van der Waals surface area contributed by atoms with E-state index in [9.17, 15) is 13.2 Å². The Morgan fingerprint density at radius 2 is 1.80 bits per heavy atom. The molecule has 128 valence electrons. The number of aromatic nitrogens is 2. The minimum atomic E-state index is -4.37. The van der Waals surface area contributed by atoms with Crippen LogP contribution < -0.4 is 4.74 Å². The van der Waals surface area contributed by atoms with Gasteiger partial charge in [-0.2, -0.15) is 13.2 Å². The molecule has 0 unspecified atom stereocenters. The largest absolute Gasteiger partial charge is 0.497 e. The molecule has 6 heteroatoms. The number of aromatic amines is 1. The van der Waals surface area contributed by atoms with Crippen molar-refractivity contribution in [2.24, 2.45) is 0 Å². The maximum Gasteiger partial charge on any atom is 0.416 e. The second-order valence-corrected chi connectivity index (χ2v) is 5.36. The molecule has 3 aromatic rings. The summed E-state index contributed by atoms with van der Waals surface area (Å²) in [6.07, 6.45) is 0.833. The summed E-state index contributed by atoms with van der Waals surface area (Å²) < 4.78 is 43.5. The van der Waals surface area contributed by atoms with E-state index in [1.165, 1.54) is 6.07 Å². The Balaban J connectivity index is 1.79. The normalized spacial score (nSPS) is 11.8. The fourth-order valence-electron chi connectivity index (χ4n) is 2.31. The lowest BCUT2D eigenvalue weighted by atomic mass is 10.1. The van der Waals surface area contributed by atoms with Crippen molar-refractivity contribution in [2.75, 3.05) is 7.11 Å². The number of nitrogens with zero attached hydrogens (tertiary/aromatic N) is 1. The second-order valence-electron chi connectivity index (χ2n) is 5.36. The van der Waals surface area contributed by atoms with E-state index in [4.69, 9.17) is 4.74 Å². The Morgan fingerprint density at radius 3 is 2.48 bits per heavy atom. The number of hydrogen-bond acceptors (Lipinski definition) is 2. The van der Waals surface area contributed by atoms with Gasteiger partial charge in [0.1, 0.15) is 11.6 Å². The smallest absolute Gasteiger partial charge is 0.416 e. The molecule has 0 atom stereocenters. The first-order valence-corrected chi connectivity index (χ1v) is 7.51. The minimum Gasteiger partial charge on any atom is -0.497 e. The molecule has 0 saturated heterocycles. The first-order valence-electron chi connectivity index (χ1n) is 7.51. The van der Waals surface area contributed by atoms with Crippen LogP contribution in [0.2, 0.25) is 0 Å². The highest BCUT2D eigenvalue weighted by molar-refractivity contribution is 5.69. The average Bonchev–Trinajstić information content (AvgIpc) is 3.09. The second kappa shape index (κ2) is 6.84. The Kier molecular flexibility index (Phi) is 4.61. The number of hydrogen-bond donors (Lipinski definition) is 1. The third-order valence-electron chi connectivity index (χ3n) is 3.63. The van der Waals surface area contributed by atoms with Gasteiger partial charge >= 0.3 is 6.18 Å². The molecule has 0 bridgehead atoms. The van der Waals surface area contributed by atoms with Crippen LogP contribution >= 0.6 is 0 Å². The third-order valence-corrected chi connectivity index (χ3v) is 3.63. The summed E-state index contributed by atoms with van der Waals surface area (Å²) in [5.41, 5.74) is 1.14. The quantitative estimate of drug-likeness (QED) is 0.700. The summed E-state index contributed by atoms with van der Waals surface area (Å²) in [4.78, 5) is 7.27. The molecule has 1 aromatic heterocycles. The third kappa shape index (κ3) is 4.09. The molecule has 1 heterocycles. The maximum absolute atomic E-state index is 12.8. The number of imidazole rings is 1. The zero-order valence-electron chi connectivity index (χ0n) is 13.3. The van der Waals surface area contributed by atoms with Crippen LogP contribution in [-0.4, -0.2) is 17.1 Å². The van der Waals surface area contributed by atoms with Crippen LogP contribution in [0.1, 0.15) is 17.0 Å². The lowest BCUT2D eigenvalue weighted by Gasteiger charge is -2.07. The molecule has 0 amide bonds. The van der Waals surface area contributed by atoms with Crippen molar-refractivity contribution >= 4 is 12.2 Å². The molecule has 3 nitrogen and oxygen atoms in total. The summed E-state index contributed by atoms with van der Waals surface area (Å²) in [5.74, 6) is 1.32. The van der Waals surface area contributed by atoms with Crippen molar-refractivity contribution in [3.8, 4) is 17.0 Å². The van der Waals surface area contributed by atoms with E-state index >= 15 is 0 Å². The summed E-state index contributed by atoms with van der Waals surface area (Å²) >= 11 is 0. The van der Waals surface area contributed by atoms with Crippen LogP contribution in [0.4, 0.5) is 13.2 Å². The molecule has 0 saturated carbocycles. The van der Waals surface area contributed by atoms with Gasteiger partial charge in [-0.1, -0.05) is 30.3 Å². The summed E-state index contributed by atoms with van der Waals surface area (Å²) in [6, 6.07) is 12.6. The van der Waals surface area contributed by atoms with E-state index in [2.05, 4.69) is 9.97 Å². The minimum absolute atomic E-state index is 0.412. The number of benzene rings is 2. The van der Waals surface area contributed by atoms with Crippen LogP contribution in [0.5, 0.6) is 5.75 Å². The van der Waals surface area contributed by atoms with E-state index in [1.54, 1.807) is 25.4 Å². The summed E-state index contributed by atoms with van der Waals surface area (Å²) in [7, 11) is 1.60. The van der Waals surface area contributed by atoms with E-state index in [-0.39, 0.29) is 0 Å². The SMILES string of the molecule is COc1ccc(C=Cc2nc(-c3cccc(C(F)(F)F)c3)c[nH]2)cc1. The summed E-state index contributed by atoms with van der Waals surface area (Å²) in [5, 5.41) is 0. The lowest BCUT2D eigenvalue weighted by Crippen LogP contribution is -2.04. The Bertz CT molecular complexity index is 880. The fourth-order valence-corrected chi connectivity index (χ4v) is 2.31. The highest BCUT2D eigenvalue weighted by Crippen LogP contribution is 2.31. The molecular formula is C19H15F3N2O. The van der Waals surface area contributed by atoms with Crippen molar-refractivity contribution < 1.29 is 17.9 Å². The number of halogens is 3. The van der Waals surface area contributed by atoms with E-state index in [0.717, 1.165) is 23.4 Å². The van der Waals surface area contributed by atoms with Crippen molar-refractivity contribution in [2.45, 2.75) is 6.18 Å². The van der Waals surface area contributed by atoms with Crippen LogP contribution in [0, 0.1) is 0 Å². The number of rotatable bonds is 4. The molecule has 0 fully saturated rings. The number of H-pyrrole nitrogens is 1. The van der Waals surface area contributed by atoms with E-state index < -0.39 is 11.7 Å². The Morgan fingerprint density at radius 1 is 1.04 bits per heavy atom. The highest BCUT2D eigenvalue weighted by Gasteiger charge is 2.30. The van der Waals surface area contributed by atoms with Crippen molar-refractivity contribution in [1.29, 1.82) is 0 Å². The van der Waals surface area contributed by atoms with Crippen LogP contribution in [0.3, 0.4) is 0 Å². The monoisotopic (exact) mass is 344 g/mol. The lowest BCUT2D eigenvalue weighted by molar-refractivity contribution is -0.137. The molecule has 3 rings (SSSR count). The van der Waals surface area contributed by atoms with Crippen molar-refractivity contribution in [3.63, 3.8) is 0 Å². The molecule has 0 aliphatic rings.